The van der Waals surface area contributed by atoms with Crippen LogP contribution < -0.4 is 22.1 Å². The Labute approximate surface area is 307 Å². The van der Waals surface area contributed by atoms with Crippen molar-refractivity contribution in [2.45, 2.75) is 80.4 Å². The van der Waals surface area contributed by atoms with Gasteiger partial charge < -0.3 is 30.4 Å². The summed E-state index contributed by atoms with van der Waals surface area (Å²) in [4.78, 5) is 68.0. The number of amides is 4. The van der Waals surface area contributed by atoms with Crippen molar-refractivity contribution in [2.24, 2.45) is 11.5 Å². The van der Waals surface area contributed by atoms with Crippen molar-refractivity contribution in [1.29, 1.82) is 0 Å². The molecule has 15 heteroatoms. The van der Waals surface area contributed by atoms with E-state index >= 15 is 0 Å². The Hall–Kier alpha value is -5.18. The van der Waals surface area contributed by atoms with Crippen LogP contribution in [0.4, 0.5) is 9.59 Å². The second-order valence-electron chi connectivity index (χ2n) is 12.9. The van der Waals surface area contributed by atoms with Gasteiger partial charge in [0.2, 0.25) is 11.8 Å². The van der Waals surface area contributed by atoms with E-state index in [2.05, 4.69) is 37.9 Å². The molecule has 4 amide bonds. The van der Waals surface area contributed by atoms with Crippen LogP contribution in [-0.4, -0.2) is 61.4 Å². The van der Waals surface area contributed by atoms with Gasteiger partial charge in [0.1, 0.15) is 22.6 Å². The number of carbonyl (C=O) groups excluding carboxylic acids is 6. The number of rotatable bonds is 7. The molecule has 0 aliphatic heterocycles. The van der Waals surface area contributed by atoms with Gasteiger partial charge in [-0.1, -0.05) is 22.5 Å². The van der Waals surface area contributed by atoms with Crippen molar-refractivity contribution in [3.8, 4) is 0 Å². The minimum atomic E-state index is -0.770. The van der Waals surface area contributed by atoms with E-state index in [-0.39, 0.29) is 17.3 Å². The number of esters is 2. The highest BCUT2D eigenvalue weighted by atomic mass is 79.9. The van der Waals surface area contributed by atoms with Crippen LogP contribution in [0.3, 0.4) is 0 Å². The molecule has 0 saturated heterocycles. The predicted molar refractivity (Wildman–Crippen MR) is 196 cm³/mol. The van der Waals surface area contributed by atoms with Crippen molar-refractivity contribution < 1.29 is 47.7 Å². The highest BCUT2D eigenvalue weighted by Crippen LogP contribution is 2.22. The molecule has 0 aromatic heterocycles. The molecule has 2 aromatic carbocycles. The number of aryl methyl sites for hydroxylation is 4. The third-order valence-corrected chi connectivity index (χ3v) is 7.26. The van der Waals surface area contributed by atoms with E-state index in [1.54, 1.807) is 79.7 Å². The number of halogens is 1. The molecule has 0 saturated carbocycles. The lowest BCUT2D eigenvalue weighted by atomic mass is 9.98. The second kappa shape index (κ2) is 19.9. The maximum absolute atomic E-state index is 12.0. The summed E-state index contributed by atoms with van der Waals surface area (Å²) < 4.78 is 20.1. The van der Waals surface area contributed by atoms with Gasteiger partial charge in [0.15, 0.2) is 0 Å². The van der Waals surface area contributed by atoms with Crippen LogP contribution in [0.15, 0.2) is 46.7 Å². The number of methoxy groups -OCH3 is 2. The summed E-state index contributed by atoms with van der Waals surface area (Å²) in [5.41, 5.74) is 14.0. The summed E-state index contributed by atoms with van der Waals surface area (Å²) >= 11 is 3.41. The lowest BCUT2D eigenvalue weighted by Crippen LogP contribution is -2.34. The van der Waals surface area contributed by atoms with E-state index in [0.29, 0.717) is 16.7 Å². The quantitative estimate of drug-likeness (QED) is 0.151. The number of primary amides is 2. The standard InChI is InChI=1S/C18H24N2O5.C9H10BrNO.C9H15NO4/c1-10-7-12(15(19)21)8-11(2)13(10)9-14(16(22)24-6)20-17(23)25-18(3,4)5;1-5-3-7(9(11)12)4-6(2)8(5)10;1-6(7(11)13-5)10-8(12)14-9(2,3)4/h7-9H,1-6H3,(H2,19,21)(H,20,23);3-4H,1-2H3,(H2,11,12);1H2,2-5H3,(H,10,12)/b14-9-;;. The number of ether oxygens (including phenoxy) is 4. The lowest BCUT2D eigenvalue weighted by Gasteiger charge is -2.20. The predicted octanol–water partition coefficient (Wildman–Crippen LogP) is 5.80. The van der Waals surface area contributed by atoms with E-state index in [1.165, 1.54) is 20.3 Å². The Morgan fingerprint density at radius 1 is 0.667 bits per heavy atom. The highest BCUT2D eigenvalue weighted by molar-refractivity contribution is 9.10. The minimum absolute atomic E-state index is 0.0743. The second-order valence-corrected chi connectivity index (χ2v) is 13.7. The first-order chi connectivity index (χ1) is 23.2. The first-order valence-corrected chi connectivity index (χ1v) is 16.1. The molecule has 0 atom stereocenters. The molecule has 280 valence electrons. The van der Waals surface area contributed by atoms with Crippen LogP contribution >= 0.6 is 15.9 Å². The summed E-state index contributed by atoms with van der Waals surface area (Å²) in [6.45, 7) is 21.0. The van der Waals surface area contributed by atoms with Gasteiger partial charge >= 0.3 is 24.1 Å². The van der Waals surface area contributed by atoms with Gasteiger partial charge in [-0.15, -0.1) is 0 Å². The van der Waals surface area contributed by atoms with Gasteiger partial charge in [-0.3, -0.25) is 20.2 Å². The molecule has 0 bridgehead atoms. The largest absolute Gasteiger partial charge is 0.464 e. The van der Waals surface area contributed by atoms with E-state index in [4.69, 9.17) is 25.7 Å². The highest BCUT2D eigenvalue weighted by Gasteiger charge is 2.21. The number of benzene rings is 2. The van der Waals surface area contributed by atoms with Crippen molar-refractivity contribution in [1.82, 2.24) is 10.6 Å². The molecule has 0 heterocycles. The molecular weight excluding hydrogens is 728 g/mol. The average molecular weight is 778 g/mol. The van der Waals surface area contributed by atoms with Crippen molar-refractivity contribution >= 4 is 57.9 Å². The van der Waals surface area contributed by atoms with Crippen LogP contribution in [0.5, 0.6) is 0 Å². The molecule has 51 heavy (non-hydrogen) atoms. The monoisotopic (exact) mass is 776 g/mol. The summed E-state index contributed by atoms with van der Waals surface area (Å²) in [5.74, 6) is -2.34. The number of nitrogens with two attached hydrogens (primary N) is 2. The molecule has 6 N–H and O–H groups in total. The Kier molecular flexibility index (Phi) is 17.8. The van der Waals surface area contributed by atoms with Gasteiger partial charge in [0.05, 0.1) is 14.2 Å². The van der Waals surface area contributed by atoms with Crippen molar-refractivity contribution in [2.75, 3.05) is 14.2 Å². The summed E-state index contributed by atoms with van der Waals surface area (Å²) in [6.07, 6.45) is -0.0216. The molecular formula is C36H49BrN4O10. The Morgan fingerprint density at radius 3 is 1.35 bits per heavy atom. The molecule has 0 unspecified atom stereocenters. The third kappa shape index (κ3) is 17.4. The van der Waals surface area contributed by atoms with Crippen LogP contribution in [-0.2, 0) is 28.5 Å². The van der Waals surface area contributed by atoms with Gasteiger partial charge in [0, 0.05) is 15.6 Å². The maximum Gasteiger partial charge on any atom is 0.412 e. The minimum Gasteiger partial charge on any atom is -0.464 e. The SMILES string of the molecule is C=C(NC(=O)OC(C)(C)C)C(=O)OC.COC(=O)/C(=C/c1c(C)cc(C(N)=O)cc1C)NC(=O)OC(C)(C)C.Cc1cc(C(N)=O)cc(C)c1Br. The van der Waals surface area contributed by atoms with Crippen LogP contribution in [0.25, 0.3) is 6.08 Å². The Bertz CT molecular complexity index is 1640. The fourth-order valence-electron chi connectivity index (χ4n) is 3.85. The number of nitrogens with one attached hydrogen (secondary N) is 2. The Morgan fingerprint density at radius 2 is 1.02 bits per heavy atom. The van der Waals surface area contributed by atoms with Gasteiger partial charge in [-0.05, 0) is 127 Å². The smallest absolute Gasteiger partial charge is 0.412 e. The normalized spacial score (nSPS) is 10.9. The van der Waals surface area contributed by atoms with Crippen LogP contribution in [0.2, 0.25) is 0 Å². The number of hydrogen-bond acceptors (Lipinski definition) is 10. The van der Waals surface area contributed by atoms with E-state index in [9.17, 15) is 28.8 Å². The fraction of sp³-hybridized carbons (Fsp3) is 0.389. The number of alkyl carbamates (subject to hydrolysis) is 2. The average Bonchev–Trinajstić information content (AvgIpc) is 2.98. The van der Waals surface area contributed by atoms with E-state index in [1.807, 2.05) is 13.8 Å². The fourth-order valence-corrected chi connectivity index (χ4v) is 4.08. The van der Waals surface area contributed by atoms with Crippen molar-refractivity contribution in [3.63, 3.8) is 0 Å². The molecule has 0 spiro atoms. The van der Waals surface area contributed by atoms with E-state index in [0.717, 1.165) is 26.7 Å². The Balaban J connectivity index is 0.000000810. The molecule has 2 rings (SSSR count). The van der Waals surface area contributed by atoms with Crippen LogP contribution in [0, 0.1) is 27.7 Å². The van der Waals surface area contributed by atoms with Gasteiger partial charge in [-0.2, -0.15) is 0 Å². The first kappa shape index (κ1) is 45.8. The van der Waals surface area contributed by atoms with Crippen molar-refractivity contribution in [3.05, 3.63) is 85.7 Å². The van der Waals surface area contributed by atoms with Gasteiger partial charge in [-0.25, -0.2) is 19.2 Å². The number of carbonyl (C=O) groups is 6. The molecule has 0 fully saturated rings. The molecule has 0 radical (unpaired) electrons. The third-order valence-electron chi connectivity index (χ3n) is 6.01. The zero-order valence-electron chi connectivity index (χ0n) is 31.2. The van der Waals surface area contributed by atoms with Crippen LogP contribution in [0.1, 0.15) is 90.1 Å². The zero-order valence-corrected chi connectivity index (χ0v) is 32.8. The summed E-state index contributed by atoms with van der Waals surface area (Å²) in [6, 6.07) is 6.78. The van der Waals surface area contributed by atoms with E-state index < -0.39 is 41.2 Å². The molecule has 0 aliphatic carbocycles. The molecule has 2 aromatic rings. The molecule has 0 aliphatic rings. The number of hydrogen-bond donors (Lipinski definition) is 4. The topological polar surface area (TPSA) is 215 Å². The first-order valence-electron chi connectivity index (χ1n) is 15.3. The zero-order chi connectivity index (χ0) is 40.0. The summed E-state index contributed by atoms with van der Waals surface area (Å²) in [7, 11) is 2.41. The maximum atomic E-state index is 12.0. The summed E-state index contributed by atoms with van der Waals surface area (Å²) in [5, 5.41) is 4.56. The molecule has 14 nitrogen and oxygen atoms in total. The van der Waals surface area contributed by atoms with Gasteiger partial charge in [0.25, 0.3) is 0 Å². The lowest BCUT2D eigenvalue weighted by molar-refractivity contribution is -0.137.